The fourth-order valence-electron chi connectivity index (χ4n) is 2.05. The van der Waals surface area contributed by atoms with Crippen LogP contribution in [-0.2, 0) is 16.6 Å². The zero-order valence-corrected chi connectivity index (χ0v) is 15.4. The number of nitrogens with zero attached hydrogens (tertiary/aromatic N) is 1. The van der Waals surface area contributed by atoms with Gasteiger partial charge in [-0.3, -0.25) is 0 Å². The Bertz CT molecular complexity index is 522. The van der Waals surface area contributed by atoms with Crippen LogP contribution in [0.5, 0.6) is 0 Å². The van der Waals surface area contributed by atoms with Gasteiger partial charge in [0.15, 0.2) is 0 Å². The Morgan fingerprint density at radius 1 is 1.29 bits per heavy atom. The van der Waals surface area contributed by atoms with Crippen molar-refractivity contribution in [1.82, 2.24) is 9.62 Å². The summed E-state index contributed by atoms with van der Waals surface area (Å²) in [4.78, 5) is 0. The van der Waals surface area contributed by atoms with E-state index >= 15 is 0 Å². The number of hydrogen-bond acceptors (Lipinski definition) is 4. The lowest BCUT2D eigenvalue weighted by molar-refractivity contribution is 0.319. The molecule has 1 heterocycles. The number of hydrogen-bond donors (Lipinski definition) is 1. The maximum absolute atomic E-state index is 12.8. The van der Waals surface area contributed by atoms with Gasteiger partial charge in [0.1, 0.15) is 4.21 Å². The first-order chi connectivity index (χ1) is 9.78. The molecule has 0 atom stereocenters. The van der Waals surface area contributed by atoms with Crippen LogP contribution in [-0.4, -0.2) is 31.9 Å². The predicted molar refractivity (Wildman–Crippen MR) is 90.2 cm³/mol. The van der Waals surface area contributed by atoms with E-state index in [1.807, 2.05) is 33.1 Å². The highest BCUT2D eigenvalue weighted by Gasteiger charge is 2.28. The Morgan fingerprint density at radius 2 is 1.95 bits per heavy atom. The first-order valence-electron chi connectivity index (χ1n) is 7.59. The number of thiophene rings is 1. The van der Waals surface area contributed by atoms with Gasteiger partial charge in [-0.2, -0.15) is 4.31 Å². The minimum absolute atomic E-state index is 0.0267. The van der Waals surface area contributed by atoms with E-state index in [-0.39, 0.29) is 6.04 Å². The summed E-state index contributed by atoms with van der Waals surface area (Å²) in [6, 6.07) is 1.78. The van der Waals surface area contributed by atoms with Crippen molar-refractivity contribution in [2.75, 3.05) is 13.1 Å². The molecule has 0 aliphatic carbocycles. The van der Waals surface area contributed by atoms with Crippen molar-refractivity contribution < 1.29 is 8.42 Å². The molecule has 0 aliphatic heterocycles. The molecule has 1 aromatic rings. The summed E-state index contributed by atoms with van der Waals surface area (Å²) in [5, 5.41) is 5.23. The molecule has 0 spiro atoms. The third kappa shape index (κ3) is 5.36. The van der Waals surface area contributed by atoms with Crippen molar-refractivity contribution in [3.05, 3.63) is 17.0 Å². The van der Waals surface area contributed by atoms with Crippen LogP contribution >= 0.6 is 11.3 Å². The van der Waals surface area contributed by atoms with E-state index in [0.29, 0.717) is 16.7 Å². The lowest BCUT2D eigenvalue weighted by Gasteiger charge is -2.26. The van der Waals surface area contributed by atoms with Gasteiger partial charge < -0.3 is 5.32 Å². The first-order valence-corrected chi connectivity index (χ1v) is 9.91. The van der Waals surface area contributed by atoms with Crippen LogP contribution in [0.3, 0.4) is 0 Å². The summed E-state index contributed by atoms with van der Waals surface area (Å²) < 4.78 is 27.6. The van der Waals surface area contributed by atoms with E-state index in [0.717, 1.165) is 25.1 Å². The molecule has 1 rings (SSSR count). The third-order valence-corrected chi connectivity index (χ3v) is 6.58. The summed E-state index contributed by atoms with van der Waals surface area (Å²) in [7, 11) is -3.38. The molecule has 1 aromatic heterocycles. The van der Waals surface area contributed by atoms with Crippen molar-refractivity contribution in [1.29, 1.82) is 0 Å². The van der Waals surface area contributed by atoms with Crippen molar-refractivity contribution in [3.8, 4) is 0 Å². The Labute approximate surface area is 133 Å². The number of rotatable bonds is 9. The minimum atomic E-state index is -3.38. The monoisotopic (exact) mass is 332 g/mol. The standard InChI is InChI=1S/C15H28N2O2S2/c1-6-7-16-9-14-8-15(20-11-14)21(18,19)17(13(4)5)10-12(2)3/h8,11-13,16H,6-7,9-10H2,1-5H3. The molecule has 0 bridgehead atoms. The van der Waals surface area contributed by atoms with Gasteiger partial charge in [-0.1, -0.05) is 20.8 Å². The highest BCUT2D eigenvalue weighted by molar-refractivity contribution is 7.91. The zero-order valence-electron chi connectivity index (χ0n) is 13.7. The van der Waals surface area contributed by atoms with Crippen LogP contribution < -0.4 is 5.32 Å². The summed E-state index contributed by atoms with van der Waals surface area (Å²) in [6.07, 6.45) is 1.07. The fourth-order valence-corrected chi connectivity index (χ4v) is 5.19. The summed E-state index contributed by atoms with van der Waals surface area (Å²) in [5.74, 6) is 0.313. The summed E-state index contributed by atoms with van der Waals surface area (Å²) >= 11 is 1.32. The summed E-state index contributed by atoms with van der Waals surface area (Å²) in [5.41, 5.74) is 1.04. The predicted octanol–water partition coefficient (Wildman–Crippen LogP) is 3.30. The van der Waals surface area contributed by atoms with E-state index in [1.54, 1.807) is 10.4 Å². The molecule has 0 unspecified atom stereocenters. The molecule has 0 saturated carbocycles. The van der Waals surface area contributed by atoms with Gasteiger partial charge in [-0.05, 0) is 49.7 Å². The van der Waals surface area contributed by atoms with Crippen molar-refractivity contribution in [2.45, 2.75) is 57.8 Å². The number of sulfonamides is 1. The molecule has 0 amide bonds. The van der Waals surface area contributed by atoms with Gasteiger partial charge in [0.2, 0.25) is 0 Å². The first kappa shape index (κ1) is 18.6. The highest BCUT2D eigenvalue weighted by atomic mass is 32.2. The second kappa shape index (κ2) is 8.27. The Kier molecular flexibility index (Phi) is 7.33. The van der Waals surface area contributed by atoms with Crippen LogP contribution in [0.1, 0.15) is 46.6 Å². The smallest absolute Gasteiger partial charge is 0.252 e. The van der Waals surface area contributed by atoms with Gasteiger partial charge in [-0.25, -0.2) is 8.42 Å². The normalized spacial score (nSPS) is 12.8. The molecule has 1 N–H and O–H groups in total. The van der Waals surface area contributed by atoms with Crippen molar-refractivity contribution in [3.63, 3.8) is 0 Å². The van der Waals surface area contributed by atoms with Crippen molar-refractivity contribution >= 4 is 21.4 Å². The molecule has 0 saturated heterocycles. The van der Waals surface area contributed by atoms with Gasteiger partial charge in [0, 0.05) is 19.1 Å². The molecule has 0 fully saturated rings. The lowest BCUT2D eigenvalue weighted by atomic mass is 10.2. The summed E-state index contributed by atoms with van der Waals surface area (Å²) in [6.45, 7) is 12.3. The topological polar surface area (TPSA) is 49.4 Å². The Hall–Kier alpha value is -0.430. The van der Waals surface area contributed by atoms with E-state index in [2.05, 4.69) is 12.2 Å². The molecular weight excluding hydrogens is 304 g/mol. The molecule has 0 aromatic carbocycles. The quantitative estimate of drug-likeness (QED) is 0.706. The molecule has 6 heteroatoms. The lowest BCUT2D eigenvalue weighted by Crippen LogP contribution is -2.39. The second-order valence-electron chi connectivity index (χ2n) is 6.01. The third-order valence-electron chi connectivity index (χ3n) is 3.07. The average molecular weight is 333 g/mol. The zero-order chi connectivity index (χ0) is 16.0. The van der Waals surface area contributed by atoms with Gasteiger partial charge >= 0.3 is 0 Å². The average Bonchev–Trinajstić information content (AvgIpc) is 2.85. The number of nitrogens with one attached hydrogen (secondary N) is 1. The Balaban J connectivity index is 2.90. The molecule has 4 nitrogen and oxygen atoms in total. The van der Waals surface area contributed by atoms with Crippen molar-refractivity contribution in [2.24, 2.45) is 5.92 Å². The van der Waals surface area contributed by atoms with Crippen LogP contribution in [0.4, 0.5) is 0 Å². The highest BCUT2D eigenvalue weighted by Crippen LogP contribution is 2.26. The van der Waals surface area contributed by atoms with Crippen LogP contribution in [0, 0.1) is 5.92 Å². The SMILES string of the molecule is CCCNCc1csc(S(=O)(=O)N(CC(C)C)C(C)C)c1. The van der Waals surface area contributed by atoms with Gasteiger partial charge in [0.05, 0.1) is 0 Å². The molecule has 122 valence electrons. The molecule has 0 aliphatic rings. The van der Waals surface area contributed by atoms with E-state index < -0.39 is 10.0 Å². The van der Waals surface area contributed by atoms with E-state index in [1.165, 1.54) is 11.3 Å². The van der Waals surface area contributed by atoms with E-state index in [4.69, 9.17) is 0 Å². The largest absolute Gasteiger partial charge is 0.313 e. The van der Waals surface area contributed by atoms with Gasteiger partial charge in [0.25, 0.3) is 10.0 Å². The van der Waals surface area contributed by atoms with Gasteiger partial charge in [-0.15, -0.1) is 11.3 Å². The second-order valence-corrected chi connectivity index (χ2v) is 9.04. The van der Waals surface area contributed by atoms with Crippen LogP contribution in [0.15, 0.2) is 15.7 Å². The fraction of sp³-hybridized carbons (Fsp3) is 0.733. The molecule has 21 heavy (non-hydrogen) atoms. The maximum atomic E-state index is 12.8. The van der Waals surface area contributed by atoms with E-state index in [9.17, 15) is 8.42 Å². The Morgan fingerprint density at radius 3 is 2.48 bits per heavy atom. The minimum Gasteiger partial charge on any atom is -0.313 e. The van der Waals surface area contributed by atoms with Crippen LogP contribution in [0.2, 0.25) is 0 Å². The molecule has 0 radical (unpaired) electrons. The molecular formula is C15H28N2O2S2. The van der Waals surface area contributed by atoms with Crippen LogP contribution in [0.25, 0.3) is 0 Å². The maximum Gasteiger partial charge on any atom is 0.252 e.